The number of hydrogen-bond donors (Lipinski definition) is 3. The molecule has 1 aromatic carbocycles. The van der Waals surface area contributed by atoms with Crippen molar-refractivity contribution in [3.63, 3.8) is 0 Å². The van der Waals surface area contributed by atoms with Crippen LogP contribution >= 0.6 is 0 Å². The standard InChI is InChI=1S/C18H25N3O3/c1-24-10-9-21-8-7-13-11-15(5-6-16(13)21)20-18(23)19-12-14-3-2-4-17(14)22/h5-8,11,14,17,22H,2-4,9-10,12H2,1H3,(H2,19,20,23)/t14-,17+/m1/s1. The maximum absolute atomic E-state index is 12.0. The average molecular weight is 331 g/mol. The van der Waals surface area contributed by atoms with Crippen LogP contribution in [0.15, 0.2) is 30.5 Å². The predicted molar refractivity (Wildman–Crippen MR) is 94.2 cm³/mol. The number of carbonyl (C=O) groups excluding carboxylic acids is 1. The Kier molecular flexibility index (Phi) is 5.37. The molecule has 0 bridgehead atoms. The molecule has 2 aromatic rings. The van der Waals surface area contributed by atoms with E-state index in [4.69, 9.17) is 4.74 Å². The fourth-order valence-corrected chi connectivity index (χ4v) is 3.32. The summed E-state index contributed by atoms with van der Waals surface area (Å²) in [5.74, 6) is 0.174. The molecule has 0 unspecified atom stereocenters. The summed E-state index contributed by atoms with van der Waals surface area (Å²) in [4.78, 5) is 12.0. The van der Waals surface area contributed by atoms with E-state index in [-0.39, 0.29) is 18.1 Å². The monoisotopic (exact) mass is 331 g/mol. The van der Waals surface area contributed by atoms with Gasteiger partial charge < -0.3 is 25.0 Å². The van der Waals surface area contributed by atoms with Crippen LogP contribution in [0.3, 0.4) is 0 Å². The van der Waals surface area contributed by atoms with E-state index in [1.165, 1.54) is 0 Å². The van der Waals surface area contributed by atoms with Gasteiger partial charge in [-0.25, -0.2) is 4.79 Å². The Balaban J connectivity index is 1.57. The molecule has 0 radical (unpaired) electrons. The molecule has 6 heteroatoms. The van der Waals surface area contributed by atoms with E-state index in [9.17, 15) is 9.90 Å². The highest BCUT2D eigenvalue weighted by Crippen LogP contribution is 2.25. The minimum atomic E-state index is -0.284. The number of urea groups is 1. The third kappa shape index (κ3) is 3.88. The minimum absolute atomic E-state index is 0.174. The second-order valence-corrected chi connectivity index (χ2v) is 6.37. The van der Waals surface area contributed by atoms with Gasteiger partial charge in [-0.3, -0.25) is 0 Å². The van der Waals surface area contributed by atoms with Gasteiger partial charge in [-0.1, -0.05) is 6.42 Å². The van der Waals surface area contributed by atoms with Crippen LogP contribution in [0.4, 0.5) is 10.5 Å². The minimum Gasteiger partial charge on any atom is -0.393 e. The molecule has 1 saturated carbocycles. The molecule has 1 aliphatic carbocycles. The van der Waals surface area contributed by atoms with Crippen LogP contribution in [0.1, 0.15) is 19.3 Å². The maximum Gasteiger partial charge on any atom is 0.319 e. The van der Waals surface area contributed by atoms with Crippen molar-refractivity contribution in [2.75, 3.05) is 25.6 Å². The molecule has 130 valence electrons. The van der Waals surface area contributed by atoms with E-state index in [1.807, 2.05) is 30.5 Å². The van der Waals surface area contributed by atoms with Gasteiger partial charge in [0.1, 0.15) is 0 Å². The molecular weight excluding hydrogens is 306 g/mol. The number of methoxy groups -OCH3 is 1. The second-order valence-electron chi connectivity index (χ2n) is 6.37. The van der Waals surface area contributed by atoms with Crippen molar-refractivity contribution in [1.29, 1.82) is 0 Å². The Hall–Kier alpha value is -2.05. The molecule has 6 nitrogen and oxygen atoms in total. The molecule has 1 aliphatic rings. The van der Waals surface area contributed by atoms with E-state index in [2.05, 4.69) is 15.2 Å². The van der Waals surface area contributed by atoms with Gasteiger partial charge in [0, 0.05) is 48.9 Å². The molecule has 1 fully saturated rings. The summed E-state index contributed by atoms with van der Waals surface area (Å²) in [6.45, 7) is 1.98. The van der Waals surface area contributed by atoms with Gasteiger partial charge in [-0.05, 0) is 37.1 Å². The zero-order valence-electron chi connectivity index (χ0n) is 14.0. The summed E-state index contributed by atoms with van der Waals surface area (Å²) in [6.07, 6.45) is 4.59. The fourth-order valence-electron chi connectivity index (χ4n) is 3.32. The molecule has 1 heterocycles. The van der Waals surface area contributed by atoms with Crippen molar-refractivity contribution >= 4 is 22.6 Å². The predicted octanol–water partition coefficient (Wildman–Crippen LogP) is 2.57. The smallest absolute Gasteiger partial charge is 0.319 e. The van der Waals surface area contributed by atoms with Gasteiger partial charge in [0.25, 0.3) is 0 Å². The van der Waals surface area contributed by atoms with Crippen LogP contribution in [0.2, 0.25) is 0 Å². The summed E-state index contributed by atoms with van der Waals surface area (Å²) < 4.78 is 7.24. The van der Waals surface area contributed by atoms with E-state index in [0.29, 0.717) is 13.2 Å². The number of hydrogen-bond acceptors (Lipinski definition) is 3. The molecule has 1 aromatic heterocycles. The van der Waals surface area contributed by atoms with Crippen LogP contribution in [-0.2, 0) is 11.3 Å². The molecule has 3 rings (SSSR count). The number of nitrogens with one attached hydrogen (secondary N) is 2. The Morgan fingerprint density at radius 2 is 2.25 bits per heavy atom. The molecule has 0 spiro atoms. The van der Waals surface area contributed by atoms with Crippen molar-refractivity contribution in [3.05, 3.63) is 30.5 Å². The number of carbonyl (C=O) groups is 1. The summed E-state index contributed by atoms with van der Waals surface area (Å²) in [6, 6.07) is 7.66. The SMILES string of the molecule is COCCn1ccc2cc(NC(=O)NC[C@H]3CCC[C@@H]3O)ccc21. The number of fused-ring (bicyclic) bond motifs is 1. The zero-order chi connectivity index (χ0) is 16.9. The number of ether oxygens (including phenoxy) is 1. The maximum atomic E-state index is 12.0. The number of aliphatic hydroxyl groups excluding tert-OH is 1. The molecular formula is C18H25N3O3. The molecule has 2 amide bonds. The second kappa shape index (κ2) is 7.68. The summed E-state index contributed by atoms with van der Waals surface area (Å²) in [5, 5.41) is 16.6. The van der Waals surface area contributed by atoms with E-state index < -0.39 is 0 Å². The number of aromatic nitrogens is 1. The Morgan fingerprint density at radius 3 is 3.00 bits per heavy atom. The lowest BCUT2D eigenvalue weighted by Crippen LogP contribution is -2.35. The van der Waals surface area contributed by atoms with Gasteiger partial charge in [0.2, 0.25) is 0 Å². The van der Waals surface area contributed by atoms with Gasteiger partial charge in [-0.15, -0.1) is 0 Å². The Morgan fingerprint density at radius 1 is 1.38 bits per heavy atom. The van der Waals surface area contributed by atoms with Crippen molar-refractivity contribution in [2.24, 2.45) is 5.92 Å². The number of benzene rings is 1. The lowest BCUT2D eigenvalue weighted by molar-refractivity contribution is 0.133. The molecule has 3 N–H and O–H groups in total. The van der Waals surface area contributed by atoms with Crippen LogP contribution in [-0.4, -0.2) is 42.1 Å². The highest BCUT2D eigenvalue weighted by atomic mass is 16.5. The topological polar surface area (TPSA) is 75.5 Å². The Labute approximate surface area is 141 Å². The van der Waals surface area contributed by atoms with Crippen LogP contribution in [0.25, 0.3) is 10.9 Å². The number of amides is 2. The zero-order valence-corrected chi connectivity index (χ0v) is 14.0. The van der Waals surface area contributed by atoms with Crippen molar-refractivity contribution in [1.82, 2.24) is 9.88 Å². The van der Waals surface area contributed by atoms with Crippen molar-refractivity contribution in [2.45, 2.75) is 31.9 Å². The first-order valence-corrected chi connectivity index (χ1v) is 8.48. The average Bonchev–Trinajstić information content (AvgIpc) is 3.16. The first-order valence-electron chi connectivity index (χ1n) is 8.48. The lowest BCUT2D eigenvalue weighted by atomic mass is 10.1. The summed E-state index contributed by atoms with van der Waals surface area (Å²) >= 11 is 0. The van der Waals surface area contributed by atoms with Crippen LogP contribution in [0.5, 0.6) is 0 Å². The largest absolute Gasteiger partial charge is 0.393 e. The molecule has 0 aliphatic heterocycles. The van der Waals surface area contributed by atoms with Crippen LogP contribution < -0.4 is 10.6 Å². The van der Waals surface area contributed by atoms with Gasteiger partial charge in [-0.2, -0.15) is 0 Å². The number of nitrogens with zero attached hydrogens (tertiary/aromatic N) is 1. The fraction of sp³-hybridized carbons (Fsp3) is 0.500. The first kappa shape index (κ1) is 16.8. The normalized spacial score (nSPS) is 20.4. The molecule has 24 heavy (non-hydrogen) atoms. The quantitative estimate of drug-likeness (QED) is 0.761. The molecule has 0 saturated heterocycles. The number of aliphatic hydroxyl groups is 1. The summed E-state index contributed by atoms with van der Waals surface area (Å²) in [7, 11) is 1.69. The number of rotatable bonds is 6. The van der Waals surface area contributed by atoms with Gasteiger partial charge >= 0.3 is 6.03 Å². The van der Waals surface area contributed by atoms with Crippen LogP contribution in [0, 0.1) is 5.92 Å². The lowest BCUT2D eigenvalue weighted by Gasteiger charge is -2.15. The van der Waals surface area contributed by atoms with Crippen molar-refractivity contribution < 1.29 is 14.6 Å². The van der Waals surface area contributed by atoms with E-state index in [0.717, 1.165) is 42.4 Å². The van der Waals surface area contributed by atoms with Gasteiger partial charge in [0.05, 0.1) is 12.7 Å². The third-order valence-corrected chi connectivity index (χ3v) is 4.71. The highest BCUT2D eigenvalue weighted by molar-refractivity contribution is 5.92. The van der Waals surface area contributed by atoms with E-state index >= 15 is 0 Å². The number of anilines is 1. The molecule has 2 atom stereocenters. The van der Waals surface area contributed by atoms with Gasteiger partial charge in [0.15, 0.2) is 0 Å². The van der Waals surface area contributed by atoms with E-state index in [1.54, 1.807) is 7.11 Å². The Bertz CT molecular complexity index is 698. The highest BCUT2D eigenvalue weighted by Gasteiger charge is 2.25. The van der Waals surface area contributed by atoms with Crippen molar-refractivity contribution in [3.8, 4) is 0 Å². The third-order valence-electron chi connectivity index (χ3n) is 4.71. The summed E-state index contributed by atoms with van der Waals surface area (Å²) in [5.41, 5.74) is 1.88. The first-order chi connectivity index (χ1) is 11.7.